The molecule has 2 atom stereocenters. The fourth-order valence-corrected chi connectivity index (χ4v) is 2.73. The molecule has 1 fully saturated rings. The first kappa shape index (κ1) is 12.8. The monoisotopic (exact) mass is 276 g/mol. The van der Waals surface area contributed by atoms with Gasteiger partial charge in [-0.3, -0.25) is 10.1 Å². The van der Waals surface area contributed by atoms with Crippen LogP contribution >= 0.6 is 22.9 Å². The predicted octanol–water partition coefficient (Wildman–Crippen LogP) is 1.69. The standard InChI is InChI=1S/C10H13ClN2O3S/c11-7-5-13-9(17-7)8(10(14)15)12-4-6-2-1-3-16-6/h5-6,8,12H,1-4H2,(H,14,15). The van der Waals surface area contributed by atoms with Crippen molar-refractivity contribution in [3.63, 3.8) is 0 Å². The van der Waals surface area contributed by atoms with Crippen LogP contribution in [0.25, 0.3) is 0 Å². The van der Waals surface area contributed by atoms with E-state index in [0.717, 1.165) is 19.4 Å². The maximum Gasteiger partial charge on any atom is 0.327 e. The van der Waals surface area contributed by atoms with Gasteiger partial charge in [0.2, 0.25) is 0 Å². The molecular formula is C10H13ClN2O3S. The summed E-state index contributed by atoms with van der Waals surface area (Å²) < 4.78 is 5.92. The van der Waals surface area contributed by atoms with Crippen LogP contribution in [0, 0.1) is 0 Å². The van der Waals surface area contributed by atoms with Gasteiger partial charge in [0.25, 0.3) is 0 Å². The second-order valence-corrected chi connectivity index (χ2v) is 5.51. The van der Waals surface area contributed by atoms with Crippen LogP contribution in [0.2, 0.25) is 4.34 Å². The van der Waals surface area contributed by atoms with Crippen LogP contribution in [-0.2, 0) is 9.53 Å². The van der Waals surface area contributed by atoms with Crippen molar-refractivity contribution in [1.82, 2.24) is 10.3 Å². The molecule has 0 aromatic carbocycles. The molecule has 7 heteroatoms. The van der Waals surface area contributed by atoms with Gasteiger partial charge in [0.05, 0.1) is 12.3 Å². The van der Waals surface area contributed by atoms with E-state index >= 15 is 0 Å². The number of nitrogens with one attached hydrogen (secondary N) is 1. The smallest absolute Gasteiger partial charge is 0.327 e. The van der Waals surface area contributed by atoms with E-state index in [1.807, 2.05) is 0 Å². The van der Waals surface area contributed by atoms with Crippen molar-refractivity contribution in [2.45, 2.75) is 25.0 Å². The molecule has 1 aromatic heterocycles. The van der Waals surface area contributed by atoms with Crippen LogP contribution in [0.1, 0.15) is 23.9 Å². The Bertz CT molecular complexity index is 393. The van der Waals surface area contributed by atoms with Crippen LogP contribution in [0.15, 0.2) is 6.20 Å². The number of aliphatic carboxylic acids is 1. The lowest BCUT2D eigenvalue weighted by molar-refractivity contribution is -0.139. The second kappa shape index (κ2) is 5.77. The minimum atomic E-state index is -0.950. The van der Waals surface area contributed by atoms with Gasteiger partial charge in [-0.25, -0.2) is 4.98 Å². The molecule has 0 aliphatic carbocycles. The van der Waals surface area contributed by atoms with Crippen molar-refractivity contribution < 1.29 is 14.6 Å². The maximum absolute atomic E-state index is 11.1. The number of carbonyl (C=O) groups is 1. The third kappa shape index (κ3) is 3.38. The highest BCUT2D eigenvalue weighted by Crippen LogP contribution is 2.24. The molecule has 1 saturated heterocycles. The summed E-state index contributed by atoms with van der Waals surface area (Å²) in [5, 5.41) is 12.6. The summed E-state index contributed by atoms with van der Waals surface area (Å²) in [4.78, 5) is 15.1. The third-order valence-electron chi connectivity index (χ3n) is 2.56. The van der Waals surface area contributed by atoms with Crippen LogP contribution in [0.4, 0.5) is 0 Å². The van der Waals surface area contributed by atoms with E-state index in [0.29, 0.717) is 15.9 Å². The fraction of sp³-hybridized carbons (Fsp3) is 0.600. The number of carboxylic acids is 1. The molecule has 2 heterocycles. The largest absolute Gasteiger partial charge is 0.480 e. The number of hydrogen-bond donors (Lipinski definition) is 2. The summed E-state index contributed by atoms with van der Waals surface area (Å²) in [6.07, 6.45) is 3.57. The lowest BCUT2D eigenvalue weighted by Crippen LogP contribution is -2.34. The molecule has 2 rings (SSSR count). The Hall–Kier alpha value is -0.690. The Morgan fingerprint density at radius 2 is 2.65 bits per heavy atom. The molecule has 2 N–H and O–H groups in total. The van der Waals surface area contributed by atoms with Crippen molar-refractivity contribution in [3.8, 4) is 0 Å². The summed E-state index contributed by atoms with van der Waals surface area (Å²) in [6, 6.07) is -0.809. The number of carboxylic acid groups (broad SMARTS) is 1. The second-order valence-electron chi connectivity index (χ2n) is 3.82. The van der Waals surface area contributed by atoms with Crippen molar-refractivity contribution in [2.75, 3.05) is 13.2 Å². The Balaban J connectivity index is 1.95. The number of thiazole rings is 1. The molecule has 2 unspecified atom stereocenters. The minimum Gasteiger partial charge on any atom is -0.480 e. The van der Waals surface area contributed by atoms with Crippen molar-refractivity contribution >= 4 is 28.9 Å². The van der Waals surface area contributed by atoms with E-state index in [1.165, 1.54) is 17.5 Å². The first-order valence-electron chi connectivity index (χ1n) is 5.36. The van der Waals surface area contributed by atoms with Crippen molar-refractivity contribution in [2.24, 2.45) is 0 Å². The van der Waals surface area contributed by atoms with Crippen LogP contribution in [-0.4, -0.2) is 35.3 Å². The van der Waals surface area contributed by atoms with E-state index < -0.39 is 12.0 Å². The molecule has 0 bridgehead atoms. The Morgan fingerprint density at radius 3 is 3.18 bits per heavy atom. The maximum atomic E-state index is 11.1. The summed E-state index contributed by atoms with van der Waals surface area (Å²) in [6.45, 7) is 1.28. The molecule has 1 aliphatic rings. The van der Waals surface area contributed by atoms with E-state index in [4.69, 9.17) is 21.4 Å². The van der Waals surface area contributed by atoms with Crippen molar-refractivity contribution in [1.29, 1.82) is 0 Å². The number of rotatable bonds is 5. The van der Waals surface area contributed by atoms with Crippen LogP contribution < -0.4 is 5.32 Å². The average molecular weight is 277 g/mol. The Labute approximate surface area is 108 Å². The van der Waals surface area contributed by atoms with Gasteiger partial charge < -0.3 is 9.84 Å². The van der Waals surface area contributed by atoms with E-state index in [2.05, 4.69) is 10.3 Å². The summed E-state index contributed by atoms with van der Waals surface area (Å²) in [5.41, 5.74) is 0. The predicted molar refractivity (Wildman–Crippen MR) is 64.5 cm³/mol. The first-order chi connectivity index (χ1) is 8.16. The number of aromatic nitrogens is 1. The average Bonchev–Trinajstić information content (AvgIpc) is 2.90. The van der Waals surface area contributed by atoms with Crippen LogP contribution in [0.5, 0.6) is 0 Å². The summed E-state index contributed by atoms with van der Waals surface area (Å²) >= 11 is 6.92. The third-order valence-corrected chi connectivity index (χ3v) is 3.74. The molecule has 1 aromatic rings. The highest BCUT2D eigenvalue weighted by Gasteiger charge is 2.25. The zero-order chi connectivity index (χ0) is 12.3. The van der Waals surface area contributed by atoms with E-state index in [1.54, 1.807) is 0 Å². The van der Waals surface area contributed by atoms with Gasteiger partial charge in [0.15, 0.2) is 6.04 Å². The fourth-order valence-electron chi connectivity index (χ4n) is 1.74. The van der Waals surface area contributed by atoms with Gasteiger partial charge in [0.1, 0.15) is 9.34 Å². The molecule has 0 radical (unpaired) electrons. The molecular weight excluding hydrogens is 264 g/mol. The SMILES string of the molecule is O=C(O)C(NCC1CCCO1)c1ncc(Cl)s1. The zero-order valence-corrected chi connectivity index (χ0v) is 10.6. The zero-order valence-electron chi connectivity index (χ0n) is 9.06. The molecule has 0 spiro atoms. The van der Waals surface area contributed by atoms with Gasteiger partial charge in [-0.1, -0.05) is 11.6 Å². The molecule has 94 valence electrons. The molecule has 0 saturated carbocycles. The number of halogens is 1. The summed E-state index contributed by atoms with van der Waals surface area (Å²) in [7, 11) is 0. The topological polar surface area (TPSA) is 71.5 Å². The van der Waals surface area contributed by atoms with E-state index in [-0.39, 0.29) is 6.10 Å². The Kier molecular flexibility index (Phi) is 4.33. The summed E-state index contributed by atoms with van der Waals surface area (Å²) in [5.74, 6) is -0.950. The van der Waals surface area contributed by atoms with Gasteiger partial charge in [0, 0.05) is 13.2 Å². The molecule has 5 nitrogen and oxygen atoms in total. The quantitative estimate of drug-likeness (QED) is 0.856. The molecule has 17 heavy (non-hydrogen) atoms. The normalized spacial score (nSPS) is 21.6. The van der Waals surface area contributed by atoms with Gasteiger partial charge in [-0.2, -0.15) is 0 Å². The van der Waals surface area contributed by atoms with Gasteiger partial charge in [-0.05, 0) is 12.8 Å². The molecule has 0 amide bonds. The highest BCUT2D eigenvalue weighted by molar-refractivity contribution is 7.16. The van der Waals surface area contributed by atoms with E-state index in [9.17, 15) is 4.79 Å². The molecule has 1 aliphatic heterocycles. The van der Waals surface area contributed by atoms with Gasteiger partial charge in [-0.15, -0.1) is 11.3 Å². The number of nitrogens with zero attached hydrogens (tertiary/aromatic N) is 1. The Morgan fingerprint density at radius 1 is 1.82 bits per heavy atom. The first-order valence-corrected chi connectivity index (χ1v) is 6.55. The lowest BCUT2D eigenvalue weighted by atomic mass is 10.2. The number of hydrogen-bond acceptors (Lipinski definition) is 5. The van der Waals surface area contributed by atoms with Crippen molar-refractivity contribution in [3.05, 3.63) is 15.5 Å². The van der Waals surface area contributed by atoms with Gasteiger partial charge >= 0.3 is 5.97 Å². The minimum absolute atomic E-state index is 0.104. The number of ether oxygens (including phenoxy) is 1. The highest BCUT2D eigenvalue weighted by atomic mass is 35.5. The van der Waals surface area contributed by atoms with Crippen LogP contribution in [0.3, 0.4) is 0 Å². The lowest BCUT2D eigenvalue weighted by Gasteiger charge is -2.15.